The van der Waals surface area contributed by atoms with Crippen LogP contribution in [0, 0.1) is 5.82 Å². The Morgan fingerprint density at radius 3 is 2.67 bits per heavy atom. The second kappa shape index (κ2) is 5.67. The van der Waals surface area contributed by atoms with E-state index in [0.717, 1.165) is 10.2 Å². The number of thiazole rings is 1. The van der Waals surface area contributed by atoms with Gasteiger partial charge in [-0.3, -0.25) is 5.32 Å². The fourth-order valence-corrected chi connectivity index (χ4v) is 2.88. The van der Waals surface area contributed by atoms with Gasteiger partial charge in [-0.1, -0.05) is 22.9 Å². The van der Waals surface area contributed by atoms with Crippen molar-refractivity contribution in [2.24, 2.45) is 0 Å². The van der Waals surface area contributed by atoms with Crippen LogP contribution in [-0.4, -0.2) is 11.0 Å². The summed E-state index contributed by atoms with van der Waals surface area (Å²) in [6.45, 7) is 0. The highest BCUT2D eigenvalue weighted by atomic mass is 35.5. The first-order valence-corrected chi connectivity index (χ1v) is 7.19. The third-order valence-corrected chi connectivity index (χ3v) is 3.84. The summed E-state index contributed by atoms with van der Waals surface area (Å²) in [6, 6.07) is 10.4. The zero-order valence-corrected chi connectivity index (χ0v) is 12.1. The molecule has 4 nitrogen and oxygen atoms in total. The Morgan fingerprint density at radius 1 is 1.14 bits per heavy atom. The number of nitrogens with zero attached hydrogens (tertiary/aromatic N) is 1. The molecule has 0 atom stereocenters. The lowest BCUT2D eigenvalue weighted by Crippen LogP contribution is -2.19. The maximum absolute atomic E-state index is 12.8. The molecule has 0 saturated heterocycles. The molecular weight excluding hydrogens is 313 g/mol. The number of nitrogens with one attached hydrogen (secondary N) is 2. The van der Waals surface area contributed by atoms with Gasteiger partial charge in [-0.15, -0.1) is 0 Å². The van der Waals surface area contributed by atoms with E-state index < -0.39 is 6.03 Å². The summed E-state index contributed by atoms with van der Waals surface area (Å²) in [7, 11) is 0. The van der Waals surface area contributed by atoms with Crippen LogP contribution in [0.4, 0.5) is 20.0 Å². The number of urea groups is 1. The van der Waals surface area contributed by atoms with Gasteiger partial charge in [0.1, 0.15) is 5.82 Å². The lowest BCUT2D eigenvalue weighted by atomic mass is 10.3. The lowest BCUT2D eigenvalue weighted by molar-refractivity contribution is 0.262. The topological polar surface area (TPSA) is 54.0 Å². The number of aromatic nitrogens is 1. The average Bonchev–Trinajstić information content (AvgIpc) is 2.82. The molecule has 3 rings (SSSR count). The Kier molecular flexibility index (Phi) is 3.72. The first-order chi connectivity index (χ1) is 10.1. The molecule has 1 heterocycles. The number of halogens is 2. The van der Waals surface area contributed by atoms with Gasteiger partial charge in [0.05, 0.1) is 10.2 Å². The minimum absolute atomic E-state index is 0.357. The Bertz CT molecular complexity index is 804. The smallest absolute Gasteiger partial charge is 0.308 e. The molecule has 1 aromatic heterocycles. The van der Waals surface area contributed by atoms with Crippen molar-refractivity contribution in [1.82, 2.24) is 4.98 Å². The normalized spacial score (nSPS) is 10.6. The maximum Gasteiger partial charge on any atom is 0.325 e. The monoisotopic (exact) mass is 321 g/mol. The van der Waals surface area contributed by atoms with E-state index in [4.69, 9.17) is 11.6 Å². The lowest BCUT2D eigenvalue weighted by Gasteiger charge is -2.04. The summed E-state index contributed by atoms with van der Waals surface area (Å²) in [4.78, 5) is 16.1. The molecule has 0 bridgehead atoms. The first-order valence-electron chi connectivity index (χ1n) is 6.00. The third kappa shape index (κ3) is 3.29. The molecule has 2 amide bonds. The van der Waals surface area contributed by atoms with Gasteiger partial charge in [-0.25, -0.2) is 14.2 Å². The number of fused-ring (bicyclic) bond motifs is 1. The van der Waals surface area contributed by atoms with E-state index in [0.29, 0.717) is 15.8 Å². The molecule has 0 fully saturated rings. The number of amides is 2. The number of hydrogen-bond donors (Lipinski definition) is 2. The SMILES string of the molecule is O=C(Nc1ccc(F)cc1)Nc1nc2ccc(Cl)cc2s1. The van der Waals surface area contributed by atoms with Gasteiger partial charge < -0.3 is 5.32 Å². The molecule has 0 aliphatic carbocycles. The second-order valence-electron chi connectivity index (χ2n) is 4.22. The number of carbonyl (C=O) groups excluding carboxylic acids is 1. The van der Waals surface area contributed by atoms with Crippen LogP contribution in [0.15, 0.2) is 42.5 Å². The standard InChI is InChI=1S/C14H9ClFN3OS/c15-8-1-6-11-12(7-8)21-14(18-11)19-13(20)17-10-4-2-9(16)3-5-10/h1-7H,(H2,17,18,19,20). The zero-order valence-electron chi connectivity index (χ0n) is 10.6. The summed E-state index contributed by atoms with van der Waals surface area (Å²) in [6.07, 6.45) is 0. The highest BCUT2D eigenvalue weighted by Crippen LogP contribution is 2.28. The van der Waals surface area contributed by atoms with Crippen LogP contribution in [0.3, 0.4) is 0 Å². The average molecular weight is 322 g/mol. The van der Waals surface area contributed by atoms with E-state index in [1.54, 1.807) is 18.2 Å². The Morgan fingerprint density at radius 2 is 1.90 bits per heavy atom. The van der Waals surface area contributed by atoms with E-state index >= 15 is 0 Å². The number of rotatable bonds is 2. The van der Waals surface area contributed by atoms with Crippen LogP contribution in [-0.2, 0) is 0 Å². The molecular formula is C14H9ClFN3OS. The molecule has 7 heteroatoms. The highest BCUT2D eigenvalue weighted by molar-refractivity contribution is 7.22. The van der Waals surface area contributed by atoms with Gasteiger partial charge in [0.2, 0.25) is 0 Å². The first kappa shape index (κ1) is 13.8. The fourth-order valence-electron chi connectivity index (χ4n) is 1.74. The van der Waals surface area contributed by atoms with Crippen molar-refractivity contribution >= 4 is 50.0 Å². The number of anilines is 2. The van der Waals surface area contributed by atoms with Crippen molar-refractivity contribution in [3.05, 3.63) is 53.3 Å². The minimum Gasteiger partial charge on any atom is -0.308 e. The van der Waals surface area contributed by atoms with Crippen molar-refractivity contribution in [3.8, 4) is 0 Å². The van der Waals surface area contributed by atoms with Gasteiger partial charge in [-0.05, 0) is 42.5 Å². The van der Waals surface area contributed by atoms with Crippen LogP contribution in [0.1, 0.15) is 0 Å². The molecule has 0 spiro atoms. The van der Waals surface area contributed by atoms with Crippen LogP contribution >= 0.6 is 22.9 Å². The predicted octanol–water partition coefficient (Wildman–Crippen LogP) is 4.73. The van der Waals surface area contributed by atoms with Gasteiger partial charge in [0, 0.05) is 10.7 Å². The van der Waals surface area contributed by atoms with Crippen LogP contribution < -0.4 is 10.6 Å². The quantitative estimate of drug-likeness (QED) is 0.716. The van der Waals surface area contributed by atoms with Gasteiger partial charge >= 0.3 is 6.03 Å². The number of benzene rings is 2. The van der Waals surface area contributed by atoms with Gasteiger partial charge in [0.25, 0.3) is 0 Å². The summed E-state index contributed by atoms with van der Waals surface area (Å²) in [5, 5.41) is 6.32. The van der Waals surface area contributed by atoms with Crippen molar-refractivity contribution in [2.45, 2.75) is 0 Å². The molecule has 2 N–H and O–H groups in total. The van der Waals surface area contributed by atoms with Crippen LogP contribution in [0.2, 0.25) is 5.02 Å². The molecule has 3 aromatic rings. The fraction of sp³-hybridized carbons (Fsp3) is 0. The Hall–Kier alpha value is -2.18. The Labute approximate surface area is 128 Å². The third-order valence-electron chi connectivity index (χ3n) is 2.67. The molecule has 106 valence electrons. The molecule has 0 radical (unpaired) electrons. The summed E-state index contributed by atoms with van der Waals surface area (Å²) >= 11 is 7.23. The minimum atomic E-state index is -0.438. The predicted molar refractivity (Wildman–Crippen MR) is 83.7 cm³/mol. The largest absolute Gasteiger partial charge is 0.325 e. The van der Waals surface area contributed by atoms with E-state index in [9.17, 15) is 9.18 Å². The molecule has 2 aromatic carbocycles. The molecule has 0 aliphatic rings. The second-order valence-corrected chi connectivity index (χ2v) is 5.68. The molecule has 21 heavy (non-hydrogen) atoms. The number of hydrogen-bond acceptors (Lipinski definition) is 3. The van der Waals surface area contributed by atoms with Gasteiger partial charge in [0.15, 0.2) is 5.13 Å². The highest BCUT2D eigenvalue weighted by Gasteiger charge is 2.08. The van der Waals surface area contributed by atoms with E-state index in [2.05, 4.69) is 15.6 Å². The van der Waals surface area contributed by atoms with Crippen LogP contribution in [0.25, 0.3) is 10.2 Å². The Balaban J connectivity index is 1.72. The van der Waals surface area contributed by atoms with Crippen molar-refractivity contribution in [2.75, 3.05) is 10.6 Å². The van der Waals surface area contributed by atoms with E-state index in [-0.39, 0.29) is 5.82 Å². The maximum atomic E-state index is 12.8. The molecule has 0 aliphatic heterocycles. The van der Waals surface area contributed by atoms with Crippen molar-refractivity contribution in [1.29, 1.82) is 0 Å². The summed E-state index contributed by atoms with van der Waals surface area (Å²) in [5.74, 6) is -0.357. The van der Waals surface area contributed by atoms with Gasteiger partial charge in [-0.2, -0.15) is 0 Å². The molecule has 0 unspecified atom stereocenters. The van der Waals surface area contributed by atoms with Crippen molar-refractivity contribution < 1.29 is 9.18 Å². The van der Waals surface area contributed by atoms with Crippen LogP contribution in [0.5, 0.6) is 0 Å². The summed E-state index contributed by atoms with van der Waals surface area (Å²) < 4.78 is 13.7. The zero-order chi connectivity index (χ0) is 14.8. The summed E-state index contributed by atoms with van der Waals surface area (Å²) in [5.41, 5.74) is 1.26. The molecule has 0 saturated carbocycles. The van der Waals surface area contributed by atoms with Crippen molar-refractivity contribution in [3.63, 3.8) is 0 Å². The van der Waals surface area contributed by atoms with E-state index in [1.807, 2.05) is 0 Å². The van der Waals surface area contributed by atoms with E-state index in [1.165, 1.54) is 35.6 Å². The number of carbonyl (C=O) groups is 1.